The van der Waals surface area contributed by atoms with Crippen molar-refractivity contribution < 1.29 is 29.3 Å². The Morgan fingerprint density at radius 1 is 0.860 bits per heavy atom. The number of aliphatic hydroxyl groups excluding tert-OH is 1. The topological polar surface area (TPSA) is 96.3 Å². The van der Waals surface area contributed by atoms with Crippen LogP contribution >= 0.6 is 11.3 Å². The molecule has 4 aromatic rings. The number of aliphatic hydroxyl groups is 2. The number of methoxy groups -OCH3 is 2. The van der Waals surface area contributed by atoms with Gasteiger partial charge in [0.15, 0.2) is 17.3 Å². The summed E-state index contributed by atoms with van der Waals surface area (Å²) in [4.78, 5) is 33.4. The smallest absolute Gasteiger partial charge is 0.227 e. The highest BCUT2D eigenvalue weighted by atomic mass is 32.1. The van der Waals surface area contributed by atoms with Crippen LogP contribution in [0.25, 0.3) is 10.8 Å². The number of amides is 1. The first kappa shape index (κ1) is 38.3. The number of allylic oxidation sites excluding steroid dienone is 4. The number of hydrogen-bond acceptors (Lipinski definition) is 7. The molecule has 3 fully saturated rings. The molecule has 298 valence electrons. The Hall–Kier alpha value is -4.24. The fourth-order valence-electron chi connectivity index (χ4n) is 12.7. The summed E-state index contributed by atoms with van der Waals surface area (Å²) < 4.78 is 11.1. The molecule has 2 N–H and O–H groups in total. The van der Waals surface area contributed by atoms with E-state index in [1.54, 1.807) is 25.6 Å². The first-order valence-corrected chi connectivity index (χ1v) is 21.5. The zero-order valence-electron chi connectivity index (χ0n) is 33.8. The number of carbonyl (C=O) groups is 2. The molecular weight excluding hydrogens is 731 g/mol. The van der Waals surface area contributed by atoms with E-state index in [0.29, 0.717) is 30.9 Å². The summed E-state index contributed by atoms with van der Waals surface area (Å²) in [5.41, 5.74) is -0.142. The molecule has 8 heteroatoms. The molecule has 0 radical (unpaired) electrons. The van der Waals surface area contributed by atoms with Crippen molar-refractivity contribution in [3.05, 3.63) is 117 Å². The molecule has 6 aliphatic carbocycles. The molecule has 57 heavy (non-hydrogen) atoms. The van der Waals surface area contributed by atoms with E-state index in [-0.39, 0.29) is 47.3 Å². The third-order valence-electron chi connectivity index (χ3n) is 15.8. The Morgan fingerprint density at radius 2 is 1.60 bits per heavy atom. The van der Waals surface area contributed by atoms with Gasteiger partial charge in [-0.05, 0) is 115 Å². The Kier molecular flexibility index (Phi) is 9.18. The van der Waals surface area contributed by atoms with Crippen LogP contribution in [0.3, 0.4) is 0 Å². The highest BCUT2D eigenvalue weighted by molar-refractivity contribution is 7.14. The lowest BCUT2D eigenvalue weighted by molar-refractivity contribution is -0.178. The maximum Gasteiger partial charge on any atom is 0.227 e. The van der Waals surface area contributed by atoms with Crippen LogP contribution in [-0.2, 0) is 17.8 Å². The Bertz CT molecular complexity index is 2320. The van der Waals surface area contributed by atoms with Crippen molar-refractivity contribution in [2.45, 2.75) is 90.4 Å². The molecule has 2 bridgehead atoms. The van der Waals surface area contributed by atoms with E-state index in [1.807, 2.05) is 60.4 Å². The average molecular weight is 786 g/mol. The molecule has 0 aliphatic heterocycles. The monoisotopic (exact) mass is 785 g/mol. The Labute approximate surface area is 340 Å². The third kappa shape index (κ3) is 5.64. The second-order valence-corrected chi connectivity index (χ2v) is 19.6. The molecule has 1 aromatic heterocycles. The predicted octanol–water partition coefficient (Wildman–Crippen LogP) is 9.27. The van der Waals surface area contributed by atoms with Crippen molar-refractivity contribution in [1.82, 2.24) is 4.90 Å². The van der Waals surface area contributed by atoms with Crippen LogP contribution < -0.4 is 9.47 Å². The quantitative estimate of drug-likeness (QED) is 0.123. The normalized spacial score (nSPS) is 33.6. The number of nitrogens with zero attached hydrogens (tertiary/aromatic N) is 1. The minimum atomic E-state index is -1.20. The van der Waals surface area contributed by atoms with Gasteiger partial charge in [0.2, 0.25) is 5.91 Å². The first-order valence-electron chi connectivity index (χ1n) is 20.7. The van der Waals surface area contributed by atoms with Gasteiger partial charge in [0, 0.05) is 33.2 Å². The molecular formula is C49H55NO6S. The van der Waals surface area contributed by atoms with Gasteiger partial charge >= 0.3 is 0 Å². The van der Waals surface area contributed by atoms with Gasteiger partial charge in [-0.15, -0.1) is 11.3 Å². The van der Waals surface area contributed by atoms with E-state index in [1.165, 1.54) is 0 Å². The molecule has 8 atom stereocenters. The molecule has 10 rings (SSSR count). The van der Waals surface area contributed by atoms with Crippen LogP contribution in [0, 0.1) is 40.4 Å². The van der Waals surface area contributed by atoms with Crippen molar-refractivity contribution in [2.75, 3.05) is 20.8 Å². The molecule has 1 amide bonds. The standard InChI is InChI=1S/C49H55NO6S/c1-31-13-16-40(57-31)44(53)37-28-47-23-24-49(37)41(45(47,2)20-17-35(51)27-47)18-21-46(3)42(49)19-22-48(46,54)30-50(29-34-11-8-10-33-9-6-7-12-36(33)34)43(52)26-32-14-15-38(55-4)39(25-32)56-5/h6-16,23-25,28,35,41-42,51,54H,17-22,26-27,29-30H2,1-5H3. The number of rotatable bonds is 10. The van der Waals surface area contributed by atoms with Gasteiger partial charge in [0.1, 0.15) is 0 Å². The Morgan fingerprint density at radius 3 is 2.37 bits per heavy atom. The summed E-state index contributed by atoms with van der Waals surface area (Å²) in [6, 6.07) is 24.1. The maximum atomic E-state index is 14.9. The number of ketones is 1. The molecule has 8 unspecified atom stereocenters. The molecule has 3 saturated carbocycles. The van der Waals surface area contributed by atoms with Crippen LogP contribution in [-0.4, -0.2) is 59.3 Å². The fraction of sp³-hybridized carbons (Fsp3) is 0.469. The summed E-state index contributed by atoms with van der Waals surface area (Å²) in [5.74, 6) is 1.38. The lowest BCUT2D eigenvalue weighted by Crippen LogP contribution is -2.67. The van der Waals surface area contributed by atoms with Gasteiger partial charge in [-0.25, -0.2) is 0 Å². The summed E-state index contributed by atoms with van der Waals surface area (Å²) in [6.45, 7) is 7.25. The maximum absolute atomic E-state index is 14.9. The predicted molar refractivity (Wildman–Crippen MR) is 225 cm³/mol. The number of aryl methyl sites for hydroxylation is 1. The Balaban J connectivity index is 1.11. The molecule has 3 aromatic carbocycles. The van der Waals surface area contributed by atoms with Crippen molar-refractivity contribution in [2.24, 2.45) is 33.5 Å². The van der Waals surface area contributed by atoms with Crippen LogP contribution in [0.1, 0.15) is 84.5 Å². The number of benzene rings is 3. The van der Waals surface area contributed by atoms with Gasteiger partial charge in [0.25, 0.3) is 0 Å². The van der Waals surface area contributed by atoms with Gasteiger partial charge in [-0.1, -0.05) is 80.6 Å². The van der Waals surface area contributed by atoms with Crippen molar-refractivity contribution in [1.29, 1.82) is 0 Å². The molecule has 0 saturated heterocycles. The molecule has 7 nitrogen and oxygen atoms in total. The lowest BCUT2D eigenvalue weighted by Gasteiger charge is -2.71. The SMILES string of the molecule is COc1ccc(CC(=O)N(Cc2cccc3ccccc23)CC2(O)CCC3C45C=CC6(C=C4C(=O)c4ccc(C)s4)CC(O)CCC6(C)C5CCC32C)cc1OC. The lowest BCUT2D eigenvalue weighted by atomic mass is 9.32. The van der Waals surface area contributed by atoms with E-state index < -0.39 is 22.5 Å². The number of thiophene rings is 1. The summed E-state index contributed by atoms with van der Waals surface area (Å²) >= 11 is 1.55. The van der Waals surface area contributed by atoms with Gasteiger partial charge in [-0.3, -0.25) is 9.59 Å². The van der Waals surface area contributed by atoms with Crippen molar-refractivity contribution in [3.63, 3.8) is 0 Å². The largest absolute Gasteiger partial charge is 0.493 e. The number of Topliss-reactive ketones (excluding diaryl/α,β-unsaturated/α-hetero) is 1. The van der Waals surface area contributed by atoms with Crippen LogP contribution in [0.15, 0.2) is 96.6 Å². The van der Waals surface area contributed by atoms with Gasteiger partial charge in [0.05, 0.1) is 43.8 Å². The van der Waals surface area contributed by atoms with Gasteiger partial charge in [-0.2, -0.15) is 0 Å². The average Bonchev–Trinajstić information content (AvgIpc) is 3.76. The summed E-state index contributed by atoms with van der Waals surface area (Å²) in [7, 11) is 3.20. The number of hydrogen-bond donors (Lipinski definition) is 2. The van der Waals surface area contributed by atoms with E-state index >= 15 is 0 Å². The first-order chi connectivity index (χ1) is 27.3. The molecule has 1 heterocycles. The molecule has 2 spiro atoms. The summed E-state index contributed by atoms with van der Waals surface area (Å²) in [5, 5.41) is 26.7. The number of ether oxygens (including phenoxy) is 2. The fourth-order valence-corrected chi connectivity index (χ4v) is 13.6. The van der Waals surface area contributed by atoms with E-state index in [0.717, 1.165) is 69.3 Å². The second kappa shape index (κ2) is 13.7. The van der Waals surface area contributed by atoms with Crippen LogP contribution in [0.2, 0.25) is 0 Å². The van der Waals surface area contributed by atoms with Crippen LogP contribution in [0.4, 0.5) is 0 Å². The van der Waals surface area contributed by atoms with Crippen molar-refractivity contribution in [3.8, 4) is 11.5 Å². The third-order valence-corrected chi connectivity index (χ3v) is 16.8. The van der Waals surface area contributed by atoms with E-state index in [4.69, 9.17) is 9.47 Å². The number of fused-ring (bicyclic) bond motifs is 2. The zero-order chi connectivity index (χ0) is 40.0. The highest BCUT2D eigenvalue weighted by Gasteiger charge is 2.74. The minimum absolute atomic E-state index is 0.0106. The van der Waals surface area contributed by atoms with E-state index in [9.17, 15) is 19.8 Å². The van der Waals surface area contributed by atoms with Crippen LogP contribution in [0.5, 0.6) is 11.5 Å². The van der Waals surface area contributed by atoms with E-state index in [2.05, 4.69) is 56.3 Å². The number of carbonyl (C=O) groups excluding carboxylic acids is 2. The second-order valence-electron chi connectivity index (χ2n) is 18.3. The zero-order valence-corrected chi connectivity index (χ0v) is 34.7. The van der Waals surface area contributed by atoms with Crippen molar-refractivity contribution >= 4 is 33.8 Å². The van der Waals surface area contributed by atoms with Gasteiger partial charge < -0.3 is 24.6 Å². The highest BCUT2D eigenvalue weighted by Crippen LogP contribution is 2.78. The minimum Gasteiger partial charge on any atom is -0.493 e. The summed E-state index contributed by atoms with van der Waals surface area (Å²) in [6.07, 6.45) is 12.0. The molecule has 6 aliphatic rings.